The molecule has 0 spiro atoms. The minimum atomic E-state index is -1.03. The largest absolute Gasteiger partial charge is 0.480 e. The maximum absolute atomic E-state index is 12.7. The van der Waals surface area contributed by atoms with E-state index >= 15 is 0 Å². The van der Waals surface area contributed by atoms with Crippen LogP contribution in [0.5, 0.6) is 0 Å². The van der Waals surface area contributed by atoms with Gasteiger partial charge in [-0.05, 0) is 23.6 Å². The molecule has 1 heterocycles. The van der Waals surface area contributed by atoms with Gasteiger partial charge in [-0.2, -0.15) is 0 Å². The molecule has 0 saturated carbocycles. The van der Waals surface area contributed by atoms with Crippen LogP contribution in [0.3, 0.4) is 0 Å². The van der Waals surface area contributed by atoms with Crippen LogP contribution in [0.4, 0.5) is 0 Å². The van der Waals surface area contributed by atoms with Crippen LogP contribution in [0.15, 0.2) is 54.6 Å². The highest BCUT2D eigenvalue weighted by molar-refractivity contribution is 6.31. The lowest BCUT2D eigenvalue weighted by atomic mass is 9.99. The van der Waals surface area contributed by atoms with E-state index in [0.29, 0.717) is 5.02 Å². The van der Waals surface area contributed by atoms with Crippen LogP contribution in [-0.4, -0.2) is 46.4 Å². The van der Waals surface area contributed by atoms with Crippen molar-refractivity contribution >= 4 is 29.4 Å². The molecule has 0 aromatic heterocycles. The van der Waals surface area contributed by atoms with Crippen LogP contribution in [-0.2, 0) is 20.9 Å². The van der Waals surface area contributed by atoms with Crippen molar-refractivity contribution in [2.75, 3.05) is 6.54 Å². The number of nitrogens with one attached hydrogen (secondary N) is 2. The lowest BCUT2D eigenvalue weighted by Gasteiger charge is -2.30. The summed E-state index contributed by atoms with van der Waals surface area (Å²) in [5, 5.41) is 16.0. The molecule has 3 rings (SSSR count). The fraction of sp³-hybridized carbons (Fsp3) is 0.318. The molecule has 2 aromatic carbocycles. The third kappa shape index (κ3) is 5.17. The van der Waals surface area contributed by atoms with Crippen LogP contribution in [0.25, 0.3) is 0 Å². The van der Waals surface area contributed by atoms with Crippen LogP contribution in [0, 0.1) is 0 Å². The van der Waals surface area contributed by atoms with E-state index in [2.05, 4.69) is 10.6 Å². The molecule has 158 valence electrons. The summed E-state index contributed by atoms with van der Waals surface area (Å²) < 4.78 is 0. The molecule has 3 atom stereocenters. The molecule has 2 aromatic rings. The average molecular weight is 430 g/mol. The molecule has 1 fully saturated rings. The molecule has 0 radical (unpaired) electrons. The Hall–Kier alpha value is -2.90. The van der Waals surface area contributed by atoms with Gasteiger partial charge in [-0.25, -0.2) is 0 Å². The van der Waals surface area contributed by atoms with E-state index < -0.39 is 24.1 Å². The molecular weight excluding hydrogens is 406 g/mol. The monoisotopic (exact) mass is 429 g/mol. The quantitative estimate of drug-likeness (QED) is 0.627. The lowest BCUT2D eigenvalue weighted by Crippen LogP contribution is -2.45. The summed E-state index contributed by atoms with van der Waals surface area (Å²) >= 11 is 6.13. The van der Waals surface area contributed by atoms with Crippen molar-refractivity contribution < 1.29 is 19.5 Å². The van der Waals surface area contributed by atoms with Crippen LogP contribution >= 0.6 is 11.6 Å². The zero-order valence-corrected chi connectivity index (χ0v) is 17.3. The van der Waals surface area contributed by atoms with E-state index in [1.807, 2.05) is 48.5 Å². The molecular formula is C22H24ClN3O4. The van der Waals surface area contributed by atoms with E-state index in [-0.39, 0.29) is 31.3 Å². The standard InChI is InChI=1S/C22H24ClN3O4/c1-14(27)25-18-11-19(22(29)30)26(21(18)15-7-3-2-4-8-15)13-20(28)24-12-16-9-5-6-10-17(16)23/h2-10,18-19,21H,11-13H2,1H3,(H,24,28)(H,25,27)(H,29,30)/t18-,19-,21-/m0/s1. The molecule has 1 aliphatic rings. The number of likely N-dealkylation sites (tertiary alicyclic amines) is 1. The summed E-state index contributed by atoms with van der Waals surface area (Å²) in [5.74, 6) is -1.58. The Kier molecular flexibility index (Phi) is 7.07. The number of aliphatic carboxylic acids is 1. The van der Waals surface area contributed by atoms with E-state index in [1.165, 1.54) is 6.92 Å². The Morgan fingerprint density at radius 3 is 2.40 bits per heavy atom. The summed E-state index contributed by atoms with van der Waals surface area (Å²) in [4.78, 5) is 37.9. The van der Waals surface area contributed by atoms with Gasteiger partial charge < -0.3 is 15.7 Å². The van der Waals surface area contributed by atoms with Gasteiger partial charge in [-0.15, -0.1) is 0 Å². The number of hydrogen-bond acceptors (Lipinski definition) is 4. The number of amides is 2. The molecule has 30 heavy (non-hydrogen) atoms. The Morgan fingerprint density at radius 1 is 1.10 bits per heavy atom. The average Bonchev–Trinajstić information content (AvgIpc) is 3.05. The van der Waals surface area contributed by atoms with E-state index in [1.54, 1.807) is 11.0 Å². The number of benzene rings is 2. The third-order valence-electron chi connectivity index (χ3n) is 5.19. The van der Waals surface area contributed by atoms with Crippen molar-refractivity contribution in [3.8, 4) is 0 Å². The SMILES string of the molecule is CC(=O)N[C@H]1C[C@@H](C(=O)O)N(CC(=O)NCc2ccccc2Cl)[C@H]1c1ccccc1. The summed E-state index contributed by atoms with van der Waals surface area (Å²) in [7, 11) is 0. The first-order valence-electron chi connectivity index (χ1n) is 9.67. The Bertz CT molecular complexity index is 922. The van der Waals surface area contributed by atoms with E-state index in [4.69, 9.17) is 11.6 Å². The molecule has 1 saturated heterocycles. The van der Waals surface area contributed by atoms with Crippen molar-refractivity contribution in [2.24, 2.45) is 0 Å². The second-order valence-electron chi connectivity index (χ2n) is 7.29. The molecule has 8 heteroatoms. The number of hydrogen-bond donors (Lipinski definition) is 3. The van der Waals surface area contributed by atoms with Crippen molar-refractivity contribution in [1.29, 1.82) is 0 Å². The van der Waals surface area contributed by atoms with Gasteiger partial charge in [0.2, 0.25) is 11.8 Å². The molecule has 0 aliphatic carbocycles. The van der Waals surface area contributed by atoms with Gasteiger partial charge in [0, 0.05) is 18.5 Å². The van der Waals surface area contributed by atoms with Gasteiger partial charge in [-0.1, -0.05) is 60.1 Å². The predicted octanol–water partition coefficient (Wildman–Crippen LogP) is 2.36. The number of carbonyl (C=O) groups excluding carboxylic acids is 2. The highest BCUT2D eigenvalue weighted by Crippen LogP contribution is 2.36. The third-order valence-corrected chi connectivity index (χ3v) is 5.56. The predicted molar refractivity (Wildman–Crippen MR) is 113 cm³/mol. The lowest BCUT2D eigenvalue weighted by molar-refractivity contribution is -0.143. The Balaban J connectivity index is 1.80. The molecule has 0 bridgehead atoms. The number of carboxylic acid groups (broad SMARTS) is 1. The highest BCUT2D eigenvalue weighted by atomic mass is 35.5. The molecule has 3 N–H and O–H groups in total. The first kappa shape index (κ1) is 21.8. The fourth-order valence-corrected chi connectivity index (χ4v) is 4.11. The number of carbonyl (C=O) groups is 3. The Morgan fingerprint density at radius 2 is 1.77 bits per heavy atom. The normalized spacial score (nSPS) is 21.2. The van der Waals surface area contributed by atoms with Crippen LogP contribution < -0.4 is 10.6 Å². The van der Waals surface area contributed by atoms with Crippen LogP contribution in [0.2, 0.25) is 5.02 Å². The zero-order chi connectivity index (χ0) is 21.7. The van der Waals surface area contributed by atoms with Crippen molar-refractivity contribution in [3.05, 3.63) is 70.7 Å². The molecule has 0 unspecified atom stereocenters. The van der Waals surface area contributed by atoms with Gasteiger partial charge in [0.1, 0.15) is 6.04 Å². The van der Waals surface area contributed by atoms with Gasteiger partial charge in [0.25, 0.3) is 0 Å². The fourth-order valence-electron chi connectivity index (χ4n) is 3.91. The topological polar surface area (TPSA) is 98.7 Å². The minimum Gasteiger partial charge on any atom is -0.480 e. The van der Waals surface area contributed by atoms with Crippen LogP contribution in [0.1, 0.15) is 30.5 Å². The molecule has 2 amide bonds. The van der Waals surface area contributed by atoms with Crippen molar-refractivity contribution in [1.82, 2.24) is 15.5 Å². The smallest absolute Gasteiger partial charge is 0.321 e. The summed E-state index contributed by atoms with van der Waals surface area (Å²) in [5.41, 5.74) is 1.62. The second kappa shape index (κ2) is 9.73. The molecule has 1 aliphatic heterocycles. The maximum Gasteiger partial charge on any atom is 0.321 e. The first-order chi connectivity index (χ1) is 14.4. The number of halogens is 1. The van der Waals surface area contributed by atoms with E-state index in [9.17, 15) is 19.5 Å². The summed E-state index contributed by atoms with van der Waals surface area (Å²) in [6.45, 7) is 1.53. The number of rotatable bonds is 7. The van der Waals surface area contributed by atoms with Gasteiger partial charge >= 0.3 is 5.97 Å². The summed E-state index contributed by atoms with van der Waals surface area (Å²) in [6.07, 6.45) is 0.215. The highest BCUT2D eigenvalue weighted by Gasteiger charge is 2.46. The minimum absolute atomic E-state index is 0.114. The maximum atomic E-state index is 12.7. The van der Waals surface area contributed by atoms with E-state index in [0.717, 1.165) is 11.1 Å². The number of nitrogens with zero attached hydrogens (tertiary/aromatic N) is 1. The Labute approximate surface area is 180 Å². The van der Waals surface area contributed by atoms with Crippen molar-refractivity contribution in [3.63, 3.8) is 0 Å². The molecule has 7 nitrogen and oxygen atoms in total. The first-order valence-corrected chi connectivity index (χ1v) is 10.1. The second-order valence-corrected chi connectivity index (χ2v) is 7.70. The zero-order valence-electron chi connectivity index (χ0n) is 16.5. The van der Waals surface area contributed by atoms with Crippen molar-refractivity contribution in [2.45, 2.75) is 38.0 Å². The number of carboxylic acids is 1. The summed E-state index contributed by atoms with van der Waals surface area (Å²) in [6, 6.07) is 14.8. The van der Waals surface area contributed by atoms with Gasteiger partial charge in [0.05, 0.1) is 18.6 Å². The van der Waals surface area contributed by atoms with Gasteiger partial charge in [-0.3, -0.25) is 19.3 Å². The van der Waals surface area contributed by atoms with Gasteiger partial charge in [0.15, 0.2) is 0 Å².